The van der Waals surface area contributed by atoms with Crippen LogP contribution < -0.4 is 20.8 Å². The van der Waals surface area contributed by atoms with Crippen molar-refractivity contribution in [1.29, 1.82) is 0 Å². The number of primary amides is 1. The molecule has 0 saturated carbocycles. The van der Waals surface area contributed by atoms with Crippen LogP contribution in [0.15, 0.2) is 36.4 Å². The fraction of sp³-hybridized carbons (Fsp3) is 0.0769. The van der Waals surface area contributed by atoms with E-state index in [0.29, 0.717) is 11.4 Å². The largest absolute Gasteiger partial charge is 0.483 e. The molecule has 0 fully saturated rings. The highest BCUT2D eigenvalue weighted by molar-refractivity contribution is 7.32. The van der Waals surface area contributed by atoms with Crippen LogP contribution in [0.3, 0.4) is 0 Å². The van der Waals surface area contributed by atoms with Crippen LogP contribution in [0.25, 0.3) is 10.8 Å². The molecule has 1 atom stereocenters. The SMILES string of the molecule is BNPOC(=O)Nc1cccc2c(OCC(N)=O)cccc12. The average Bonchev–Trinajstić information content (AvgIpc) is 2.51. The van der Waals surface area contributed by atoms with Crippen LogP contribution in [0.4, 0.5) is 10.5 Å². The summed E-state index contributed by atoms with van der Waals surface area (Å²) in [7, 11) is 1.57. The smallest absolute Gasteiger partial charge is 0.415 e. The highest BCUT2D eigenvalue weighted by Crippen LogP contribution is 2.31. The number of ether oxygens (including phenoxy) is 1. The van der Waals surface area contributed by atoms with Gasteiger partial charge in [0.1, 0.15) is 14.7 Å². The lowest BCUT2D eigenvalue weighted by Gasteiger charge is -2.12. The lowest BCUT2D eigenvalue weighted by Crippen LogP contribution is -2.20. The first-order chi connectivity index (χ1) is 10.6. The van der Waals surface area contributed by atoms with Crippen molar-refractivity contribution in [3.8, 4) is 5.75 Å². The van der Waals surface area contributed by atoms with Crippen LogP contribution in [0.1, 0.15) is 0 Å². The van der Waals surface area contributed by atoms with Gasteiger partial charge in [0.15, 0.2) is 14.6 Å². The first-order valence-electron chi connectivity index (χ1n) is 6.44. The molecular weight excluding hydrogens is 304 g/mol. The molecule has 1 unspecified atom stereocenters. The van der Waals surface area contributed by atoms with E-state index in [1.165, 1.54) is 0 Å². The summed E-state index contributed by atoms with van der Waals surface area (Å²) in [6.07, 6.45) is -0.552. The standard InChI is InChI=1S/C13H15BN3O4P/c14-17-22-21-13(19)16-10-5-1-4-9-8(10)3-2-6-11(9)20-7-12(15)18/h1-6,17,22H,7,14H2,(H2,15,18)(H,16,19). The number of nitrogens with one attached hydrogen (secondary N) is 2. The van der Waals surface area contributed by atoms with Gasteiger partial charge in [0.25, 0.3) is 5.91 Å². The van der Waals surface area contributed by atoms with E-state index in [-0.39, 0.29) is 15.6 Å². The number of carbonyl (C=O) groups is 2. The number of nitrogens with two attached hydrogens (primary N) is 1. The van der Waals surface area contributed by atoms with Crippen LogP contribution in [-0.2, 0) is 9.32 Å². The zero-order valence-electron chi connectivity index (χ0n) is 11.9. The Morgan fingerprint density at radius 3 is 2.64 bits per heavy atom. The van der Waals surface area contributed by atoms with Crippen LogP contribution in [0.2, 0.25) is 0 Å². The Bertz CT molecular complexity index is 698. The molecule has 4 N–H and O–H groups in total. The van der Waals surface area contributed by atoms with E-state index in [1.807, 2.05) is 12.1 Å². The van der Waals surface area contributed by atoms with E-state index in [0.717, 1.165) is 10.8 Å². The fourth-order valence-electron chi connectivity index (χ4n) is 1.90. The van der Waals surface area contributed by atoms with Gasteiger partial charge >= 0.3 is 6.09 Å². The molecule has 2 rings (SSSR count). The molecule has 0 aliphatic rings. The van der Waals surface area contributed by atoms with E-state index in [2.05, 4.69) is 10.3 Å². The van der Waals surface area contributed by atoms with Gasteiger partial charge in [-0.15, -0.1) is 0 Å². The van der Waals surface area contributed by atoms with E-state index in [4.69, 9.17) is 15.0 Å². The molecular formula is C13H15BN3O4P. The molecule has 7 nitrogen and oxygen atoms in total. The van der Waals surface area contributed by atoms with E-state index >= 15 is 0 Å². The van der Waals surface area contributed by atoms with E-state index in [1.54, 1.807) is 32.2 Å². The summed E-state index contributed by atoms with van der Waals surface area (Å²) in [5, 5.41) is 4.20. The van der Waals surface area contributed by atoms with Gasteiger partial charge in [-0.25, -0.2) is 4.79 Å². The van der Waals surface area contributed by atoms with Crippen molar-refractivity contribution < 1.29 is 18.8 Å². The van der Waals surface area contributed by atoms with Crippen molar-refractivity contribution in [2.45, 2.75) is 0 Å². The molecule has 22 heavy (non-hydrogen) atoms. The van der Waals surface area contributed by atoms with E-state index < -0.39 is 12.0 Å². The van der Waals surface area contributed by atoms with Crippen LogP contribution in [0, 0.1) is 0 Å². The first kappa shape index (κ1) is 16.1. The minimum atomic E-state index is -0.553. The summed E-state index contributed by atoms with van der Waals surface area (Å²) in [6.45, 7) is -0.206. The second-order valence-electron chi connectivity index (χ2n) is 4.28. The molecule has 114 valence electrons. The van der Waals surface area contributed by atoms with Gasteiger partial charge in [0.05, 0.1) is 5.69 Å². The van der Waals surface area contributed by atoms with Crippen LogP contribution in [0.5, 0.6) is 5.75 Å². The number of rotatable bonds is 6. The normalized spacial score (nSPS) is 10.7. The number of benzene rings is 2. The van der Waals surface area contributed by atoms with Gasteiger partial charge in [-0.2, -0.15) is 0 Å². The van der Waals surface area contributed by atoms with Gasteiger partial charge in [-0.05, 0) is 12.1 Å². The maximum Gasteiger partial charge on any atom is 0.415 e. The van der Waals surface area contributed by atoms with Crippen molar-refractivity contribution in [2.75, 3.05) is 11.9 Å². The topological polar surface area (TPSA) is 103 Å². The van der Waals surface area contributed by atoms with Gasteiger partial charge < -0.3 is 20.0 Å². The molecule has 0 bridgehead atoms. The molecule has 2 aromatic rings. The second-order valence-corrected chi connectivity index (χ2v) is 5.19. The zero-order valence-corrected chi connectivity index (χ0v) is 12.9. The molecule has 0 heterocycles. The molecule has 2 amide bonds. The predicted octanol–water partition coefficient (Wildman–Crippen LogP) is 0.899. The van der Waals surface area contributed by atoms with Crippen molar-refractivity contribution in [1.82, 2.24) is 5.00 Å². The Labute approximate surface area is 129 Å². The molecule has 0 spiro atoms. The summed E-state index contributed by atoms with van der Waals surface area (Å²) in [5.41, 5.74) is 5.67. The summed E-state index contributed by atoms with van der Waals surface area (Å²) in [4.78, 5) is 25.2. The first-order valence-corrected chi connectivity index (χ1v) is 7.35. The number of amides is 2. The van der Waals surface area contributed by atoms with E-state index in [9.17, 15) is 9.59 Å². The minimum absolute atomic E-state index is 0.120. The van der Waals surface area contributed by atoms with Gasteiger partial charge in [-0.3, -0.25) is 10.1 Å². The van der Waals surface area contributed by atoms with Crippen molar-refractivity contribution in [2.24, 2.45) is 5.73 Å². The van der Waals surface area contributed by atoms with Gasteiger partial charge in [0, 0.05) is 10.8 Å². The monoisotopic (exact) mass is 319 g/mol. The third-order valence-corrected chi connectivity index (χ3v) is 3.23. The van der Waals surface area contributed by atoms with Crippen molar-refractivity contribution >= 4 is 45.4 Å². The summed E-state index contributed by atoms with van der Waals surface area (Å²) < 4.78 is 10.3. The highest BCUT2D eigenvalue weighted by Gasteiger charge is 2.09. The Morgan fingerprint density at radius 1 is 1.18 bits per heavy atom. The quantitative estimate of drug-likeness (QED) is 0.542. The molecule has 2 aromatic carbocycles. The lowest BCUT2D eigenvalue weighted by atomic mass is 10.1. The molecule has 0 aromatic heterocycles. The molecule has 0 saturated heterocycles. The second kappa shape index (κ2) is 7.63. The Kier molecular flexibility index (Phi) is 5.58. The molecule has 0 aliphatic heterocycles. The summed E-state index contributed by atoms with van der Waals surface area (Å²) >= 11 is 0. The Balaban J connectivity index is 2.27. The number of hydrogen-bond acceptors (Lipinski definition) is 5. The lowest BCUT2D eigenvalue weighted by molar-refractivity contribution is -0.119. The highest BCUT2D eigenvalue weighted by atomic mass is 31.1. The number of hydrogen-bond donors (Lipinski definition) is 3. The van der Waals surface area contributed by atoms with Crippen molar-refractivity contribution in [3.63, 3.8) is 0 Å². The number of anilines is 1. The third-order valence-electron chi connectivity index (χ3n) is 2.73. The summed E-state index contributed by atoms with van der Waals surface area (Å²) in [6, 6.07) is 10.7. The molecule has 0 radical (unpaired) electrons. The molecule has 9 heteroatoms. The fourth-order valence-corrected chi connectivity index (χ4v) is 2.14. The van der Waals surface area contributed by atoms with Crippen molar-refractivity contribution in [3.05, 3.63) is 36.4 Å². The Morgan fingerprint density at radius 2 is 1.91 bits per heavy atom. The van der Waals surface area contributed by atoms with Crippen LogP contribution in [-0.4, -0.2) is 26.6 Å². The van der Waals surface area contributed by atoms with Crippen LogP contribution >= 0.6 is 8.96 Å². The summed E-state index contributed by atoms with van der Waals surface area (Å²) in [5.74, 6) is -0.0339. The van der Waals surface area contributed by atoms with Gasteiger partial charge in [-0.1, -0.05) is 24.3 Å². The number of fused-ring (bicyclic) bond motifs is 1. The average molecular weight is 319 g/mol. The minimum Gasteiger partial charge on any atom is -0.483 e. The maximum absolute atomic E-state index is 11.7. The predicted molar refractivity (Wildman–Crippen MR) is 88.7 cm³/mol. The Hall–Kier alpha value is -2.31. The zero-order chi connectivity index (χ0) is 15.9. The third kappa shape index (κ3) is 4.10. The van der Waals surface area contributed by atoms with Gasteiger partial charge in [0.2, 0.25) is 0 Å². The maximum atomic E-state index is 11.7. The molecule has 0 aliphatic carbocycles. The number of carbonyl (C=O) groups excluding carboxylic acids is 2.